The molecule has 0 fully saturated rings. The van der Waals surface area contributed by atoms with Crippen molar-refractivity contribution in [1.82, 2.24) is 0 Å². The molecule has 9 heteroatoms. The van der Waals surface area contributed by atoms with Crippen LogP contribution < -0.4 is 5.73 Å². The Balaban J connectivity index is 2.04. The van der Waals surface area contributed by atoms with Crippen LogP contribution in [0.1, 0.15) is 22.3 Å². The van der Waals surface area contributed by atoms with Gasteiger partial charge in [-0.05, 0) is 30.2 Å². The van der Waals surface area contributed by atoms with Gasteiger partial charge in [-0.25, -0.2) is 0 Å². The van der Waals surface area contributed by atoms with Crippen LogP contribution in [0.5, 0.6) is 11.5 Å². The Hall–Kier alpha value is -3.10. The molecule has 1 amide bonds. The molecule has 0 spiro atoms. The Morgan fingerprint density at radius 3 is 2.50 bits per heavy atom. The molecule has 0 bridgehead atoms. The number of primary amides is 1. The van der Waals surface area contributed by atoms with Gasteiger partial charge in [0, 0.05) is 22.7 Å². The lowest BCUT2D eigenvalue weighted by atomic mass is 9.64. The summed E-state index contributed by atoms with van der Waals surface area (Å²) in [4.78, 5) is 36.9. The molecule has 2 aromatic rings. The molecular weight excluding hydrogens is 390 g/mol. The summed E-state index contributed by atoms with van der Waals surface area (Å²) in [5, 5.41) is 42.6. The second kappa shape index (κ2) is 5.70. The van der Waals surface area contributed by atoms with E-state index in [1.54, 1.807) is 0 Å². The Morgan fingerprint density at radius 1 is 1.18 bits per heavy atom. The minimum Gasteiger partial charge on any atom is -0.508 e. The summed E-state index contributed by atoms with van der Waals surface area (Å²) in [6, 6.07) is 4.14. The van der Waals surface area contributed by atoms with Crippen molar-refractivity contribution in [2.24, 2.45) is 11.7 Å². The van der Waals surface area contributed by atoms with Crippen molar-refractivity contribution in [1.29, 1.82) is 0 Å². The van der Waals surface area contributed by atoms with Crippen molar-refractivity contribution in [3.8, 4) is 11.5 Å². The molecule has 2 aromatic carbocycles. The summed E-state index contributed by atoms with van der Waals surface area (Å²) in [6.45, 7) is 0. The van der Waals surface area contributed by atoms with Gasteiger partial charge < -0.3 is 26.2 Å². The Bertz CT molecular complexity index is 1150. The zero-order valence-electron chi connectivity index (χ0n) is 14.2. The molecule has 2 atom stereocenters. The number of hydrogen-bond donors (Lipinski definition) is 5. The first-order chi connectivity index (χ1) is 13.1. The Morgan fingerprint density at radius 2 is 1.86 bits per heavy atom. The molecule has 28 heavy (non-hydrogen) atoms. The number of nitrogens with two attached hydrogens (primary N) is 1. The maximum absolute atomic E-state index is 13.1. The van der Waals surface area contributed by atoms with E-state index in [2.05, 4.69) is 0 Å². The second-order valence-electron chi connectivity index (χ2n) is 6.96. The predicted octanol–water partition coefficient (Wildman–Crippen LogP) is 1.26. The van der Waals surface area contributed by atoms with Crippen LogP contribution in [0.25, 0.3) is 10.8 Å². The fourth-order valence-electron chi connectivity index (χ4n) is 4.12. The molecule has 0 aliphatic heterocycles. The van der Waals surface area contributed by atoms with Gasteiger partial charge in [0.05, 0.1) is 10.9 Å². The quantitative estimate of drug-likeness (QED) is 0.448. The number of phenolic OH excluding ortho intramolecular Hbond substituents is 2. The number of amides is 1. The third-order valence-corrected chi connectivity index (χ3v) is 5.80. The van der Waals surface area contributed by atoms with Gasteiger partial charge in [-0.1, -0.05) is 11.6 Å². The SMILES string of the molecule is NC(=O)C1=C(O)C2(O)C(=O)c3c(cc4c(Cl)ccc(O)c4c3O)CC2CC1=O. The van der Waals surface area contributed by atoms with Gasteiger partial charge in [-0.15, -0.1) is 0 Å². The molecule has 0 saturated carbocycles. The summed E-state index contributed by atoms with van der Waals surface area (Å²) < 4.78 is 0. The van der Waals surface area contributed by atoms with Crippen LogP contribution >= 0.6 is 11.6 Å². The number of aromatic hydroxyl groups is 2. The van der Waals surface area contributed by atoms with Crippen LogP contribution in [0.4, 0.5) is 0 Å². The van der Waals surface area contributed by atoms with Crippen molar-refractivity contribution in [3.05, 3.63) is 45.7 Å². The van der Waals surface area contributed by atoms with E-state index in [1.165, 1.54) is 18.2 Å². The molecule has 0 aromatic heterocycles. The van der Waals surface area contributed by atoms with Crippen molar-refractivity contribution < 1.29 is 34.8 Å². The number of Topliss-reactive ketones (excluding diaryl/α,β-unsaturated/α-hetero) is 2. The molecule has 144 valence electrons. The maximum Gasteiger partial charge on any atom is 0.255 e. The minimum absolute atomic E-state index is 0.0606. The fraction of sp³-hybridized carbons (Fsp3) is 0.211. The van der Waals surface area contributed by atoms with Crippen molar-refractivity contribution >= 4 is 39.8 Å². The van der Waals surface area contributed by atoms with Gasteiger partial charge in [0.2, 0.25) is 5.78 Å². The number of benzene rings is 2. The van der Waals surface area contributed by atoms with Gasteiger partial charge in [0.1, 0.15) is 22.8 Å². The standard InChI is InChI=1S/C19H14ClNO7/c20-9-1-2-10(22)13-8(9)4-6-3-7-5-11(23)14(18(21)27)17(26)19(7,28)16(25)12(6)15(13)24/h1-2,4,7,22,24,26,28H,3,5H2,(H2,21,27). The summed E-state index contributed by atoms with van der Waals surface area (Å²) in [5.41, 5.74) is 1.65. The van der Waals surface area contributed by atoms with E-state index in [9.17, 15) is 34.8 Å². The number of fused-ring (bicyclic) bond motifs is 3. The largest absolute Gasteiger partial charge is 0.508 e. The van der Waals surface area contributed by atoms with Gasteiger partial charge in [0.25, 0.3) is 5.91 Å². The molecule has 2 aliphatic carbocycles. The first kappa shape index (κ1) is 18.3. The van der Waals surface area contributed by atoms with Gasteiger partial charge in [-0.3, -0.25) is 14.4 Å². The third kappa shape index (κ3) is 2.12. The lowest BCUT2D eigenvalue weighted by Gasteiger charge is -2.41. The normalized spacial score (nSPS) is 24.3. The molecule has 2 aliphatic rings. The lowest BCUT2D eigenvalue weighted by Crippen LogP contribution is -2.56. The average Bonchev–Trinajstić information content (AvgIpc) is 2.61. The topological polar surface area (TPSA) is 158 Å². The average molecular weight is 404 g/mol. The Labute approximate surface area is 162 Å². The maximum atomic E-state index is 13.1. The van der Waals surface area contributed by atoms with Gasteiger partial charge in [0.15, 0.2) is 11.4 Å². The van der Waals surface area contributed by atoms with Crippen LogP contribution in [0, 0.1) is 5.92 Å². The monoisotopic (exact) mass is 403 g/mol. The highest BCUT2D eigenvalue weighted by Gasteiger charge is 2.57. The molecule has 8 nitrogen and oxygen atoms in total. The number of rotatable bonds is 1. The van der Waals surface area contributed by atoms with E-state index < -0.39 is 52.5 Å². The fourth-order valence-corrected chi connectivity index (χ4v) is 4.33. The highest BCUT2D eigenvalue weighted by Crippen LogP contribution is 2.49. The van der Waals surface area contributed by atoms with E-state index in [0.29, 0.717) is 5.56 Å². The molecule has 4 rings (SSSR count). The number of hydrogen-bond acceptors (Lipinski definition) is 7. The van der Waals surface area contributed by atoms with Gasteiger partial charge >= 0.3 is 0 Å². The van der Waals surface area contributed by atoms with Crippen LogP contribution in [0.3, 0.4) is 0 Å². The number of carbonyl (C=O) groups is 3. The number of halogens is 1. The lowest BCUT2D eigenvalue weighted by molar-refractivity contribution is -0.125. The van der Waals surface area contributed by atoms with E-state index in [-0.39, 0.29) is 33.5 Å². The van der Waals surface area contributed by atoms with Crippen molar-refractivity contribution in [2.75, 3.05) is 0 Å². The summed E-state index contributed by atoms with van der Waals surface area (Å²) >= 11 is 6.14. The van der Waals surface area contributed by atoms with Crippen molar-refractivity contribution in [2.45, 2.75) is 18.4 Å². The summed E-state index contributed by atoms with van der Waals surface area (Å²) in [6.07, 6.45) is -0.453. The highest BCUT2D eigenvalue weighted by atomic mass is 35.5. The molecule has 2 unspecified atom stereocenters. The van der Waals surface area contributed by atoms with E-state index in [0.717, 1.165) is 0 Å². The zero-order valence-corrected chi connectivity index (χ0v) is 14.9. The zero-order chi connectivity index (χ0) is 20.5. The number of carbonyl (C=O) groups excluding carboxylic acids is 3. The second-order valence-corrected chi connectivity index (χ2v) is 7.37. The first-order valence-electron chi connectivity index (χ1n) is 8.28. The molecule has 0 radical (unpaired) electrons. The van der Waals surface area contributed by atoms with Crippen LogP contribution in [0.2, 0.25) is 5.02 Å². The molecule has 0 heterocycles. The third-order valence-electron chi connectivity index (χ3n) is 5.47. The Kier molecular flexibility index (Phi) is 3.72. The number of ketones is 2. The van der Waals surface area contributed by atoms with Gasteiger partial charge in [-0.2, -0.15) is 0 Å². The van der Waals surface area contributed by atoms with Crippen LogP contribution in [0.15, 0.2) is 29.5 Å². The first-order valence-corrected chi connectivity index (χ1v) is 8.66. The van der Waals surface area contributed by atoms with E-state index in [1.807, 2.05) is 0 Å². The number of phenols is 2. The van der Waals surface area contributed by atoms with Crippen LogP contribution in [-0.4, -0.2) is 43.5 Å². The predicted molar refractivity (Wildman–Crippen MR) is 97.2 cm³/mol. The van der Waals surface area contributed by atoms with E-state index in [4.69, 9.17) is 17.3 Å². The van der Waals surface area contributed by atoms with E-state index >= 15 is 0 Å². The minimum atomic E-state index is -2.59. The summed E-state index contributed by atoms with van der Waals surface area (Å²) in [5.74, 6) is -6.27. The smallest absolute Gasteiger partial charge is 0.255 e. The molecule has 6 N–H and O–H groups in total. The summed E-state index contributed by atoms with van der Waals surface area (Å²) in [7, 11) is 0. The number of aliphatic hydroxyl groups is 2. The van der Waals surface area contributed by atoms with Crippen LogP contribution in [-0.2, 0) is 16.0 Å². The number of aliphatic hydroxyl groups excluding tert-OH is 1. The molecule has 0 saturated heterocycles. The highest BCUT2D eigenvalue weighted by molar-refractivity contribution is 6.36. The van der Waals surface area contributed by atoms with Crippen molar-refractivity contribution in [3.63, 3.8) is 0 Å². The molecular formula is C19H14ClNO7.